The van der Waals surface area contributed by atoms with Gasteiger partial charge in [0.25, 0.3) is 0 Å². The number of nitrogens with one attached hydrogen (secondary N) is 3. The zero-order valence-electron chi connectivity index (χ0n) is 20.7. The molecule has 0 radical (unpaired) electrons. The molecular weight excluding hydrogens is 438 g/mol. The third-order valence-electron chi connectivity index (χ3n) is 5.30. The van der Waals surface area contributed by atoms with Gasteiger partial charge in [-0.3, -0.25) is 24.0 Å². The van der Waals surface area contributed by atoms with E-state index in [0.717, 1.165) is 5.56 Å². The van der Waals surface area contributed by atoms with Crippen LogP contribution in [0.4, 0.5) is 0 Å². The maximum Gasteiger partial charge on any atom is 0.303 e. The third-order valence-corrected chi connectivity index (χ3v) is 5.30. The van der Waals surface area contributed by atoms with Gasteiger partial charge in [0, 0.05) is 25.8 Å². The Morgan fingerprint density at radius 2 is 1.59 bits per heavy atom. The number of hydrogen-bond acceptors (Lipinski definition) is 5. The average molecular weight is 478 g/mol. The molecule has 0 spiro atoms. The Hall–Kier alpha value is -2.94. The minimum Gasteiger partial charge on any atom is -0.481 e. The molecule has 1 rings (SSSR count). The quantitative estimate of drug-likeness (QED) is 0.227. The molecule has 0 saturated heterocycles. The first-order valence-electron chi connectivity index (χ1n) is 11.7. The monoisotopic (exact) mass is 477 g/mol. The summed E-state index contributed by atoms with van der Waals surface area (Å²) in [6.07, 6.45) is 2.03. The normalized spacial score (nSPS) is 12.9. The van der Waals surface area contributed by atoms with Crippen LogP contribution in [0, 0.1) is 11.3 Å². The van der Waals surface area contributed by atoms with Crippen molar-refractivity contribution >= 4 is 23.7 Å². The number of carboxylic acids is 1. The van der Waals surface area contributed by atoms with Gasteiger partial charge in [0.15, 0.2) is 0 Å². The minimum absolute atomic E-state index is 0.0259. The number of carbonyl (C=O) groups excluding carboxylic acids is 3. The summed E-state index contributed by atoms with van der Waals surface area (Å²) in [6, 6.07) is 8.80. The summed E-state index contributed by atoms with van der Waals surface area (Å²) in [7, 11) is 0. The first-order chi connectivity index (χ1) is 16.0. The summed E-state index contributed by atoms with van der Waals surface area (Å²) in [5.41, 5.74) is 2.90. The predicted molar refractivity (Wildman–Crippen MR) is 128 cm³/mol. The molecule has 2 atom stereocenters. The van der Waals surface area contributed by atoms with Crippen LogP contribution in [0.1, 0.15) is 71.8 Å². The summed E-state index contributed by atoms with van der Waals surface area (Å²) in [5.74, 6) is -1.54. The third kappa shape index (κ3) is 12.9. The van der Waals surface area contributed by atoms with Crippen LogP contribution in [0.3, 0.4) is 0 Å². The van der Waals surface area contributed by atoms with Crippen molar-refractivity contribution < 1.29 is 29.1 Å². The Bertz CT molecular complexity index is 792. The van der Waals surface area contributed by atoms with E-state index in [1.165, 1.54) is 0 Å². The van der Waals surface area contributed by atoms with Gasteiger partial charge in [-0.2, -0.15) is 0 Å². The molecule has 9 heteroatoms. The lowest BCUT2D eigenvalue weighted by Gasteiger charge is -2.30. The van der Waals surface area contributed by atoms with Crippen molar-refractivity contribution in [1.82, 2.24) is 16.1 Å². The molecule has 0 aliphatic heterocycles. The van der Waals surface area contributed by atoms with Gasteiger partial charge >= 0.3 is 5.97 Å². The Kier molecular flexibility index (Phi) is 12.9. The lowest BCUT2D eigenvalue weighted by Crippen LogP contribution is -2.53. The van der Waals surface area contributed by atoms with Crippen molar-refractivity contribution in [3.05, 3.63) is 35.9 Å². The van der Waals surface area contributed by atoms with E-state index in [2.05, 4.69) is 16.1 Å². The maximum absolute atomic E-state index is 12.5. The summed E-state index contributed by atoms with van der Waals surface area (Å²) in [4.78, 5) is 52.8. The highest BCUT2D eigenvalue weighted by molar-refractivity contribution is 5.88. The SMILES string of the molecule is C[C@@H](CCC(=O)NOCc1ccccc1)CCC(=O)N[C@H](C(=O)NCCCC(=O)O)C(C)(C)C. The zero-order valence-corrected chi connectivity index (χ0v) is 20.7. The highest BCUT2D eigenvalue weighted by Crippen LogP contribution is 2.20. The predicted octanol–water partition coefficient (Wildman–Crippen LogP) is 2.94. The molecule has 0 unspecified atom stereocenters. The van der Waals surface area contributed by atoms with Gasteiger partial charge in [-0.1, -0.05) is 58.0 Å². The Morgan fingerprint density at radius 1 is 0.971 bits per heavy atom. The summed E-state index contributed by atoms with van der Waals surface area (Å²) < 4.78 is 0. The van der Waals surface area contributed by atoms with Crippen molar-refractivity contribution in [3.63, 3.8) is 0 Å². The fourth-order valence-electron chi connectivity index (χ4n) is 3.19. The molecule has 1 aromatic carbocycles. The molecule has 9 nitrogen and oxygen atoms in total. The number of aliphatic carboxylic acids is 1. The average Bonchev–Trinajstić information content (AvgIpc) is 2.77. The molecule has 0 fully saturated rings. The van der Waals surface area contributed by atoms with Gasteiger partial charge < -0.3 is 15.7 Å². The highest BCUT2D eigenvalue weighted by Gasteiger charge is 2.32. The van der Waals surface area contributed by atoms with Crippen molar-refractivity contribution in [2.75, 3.05) is 6.54 Å². The van der Waals surface area contributed by atoms with Crippen LogP contribution in [-0.4, -0.2) is 41.4 Å². The summed E-state index contributed by atoms with van der Waals surface area (Å²) in [6.45, 7) is 8.08. The van der Waals surface area contributed by atoms with Gasteiger partial charge in [-0.25, -0.2) is 5.48 Å². The van der Waals surface area contributed by atoms with E-state index in [1.807, 2.05) is 58.0 Å². The van der Waals surface area contributed by atoms with E-state index in [4.69, 9.17) is 9.94 Å². The van der Waals surface area contributed by atoms with E-state index < -0.39 is 17.4 Å². The van der Waals surface area contributed by atoms with Crippen LogP contribution in [0.2, 0.25) is 0 Å². The van der Waals surface area contributed by atoms with Gasteiger partial charge in [-0.15, -0.1) is 0 Å². The largest absolute Gasteiger partial charge is 0.481 e. The molecule has 3 amide bonds. The first-order valence-corrected chi connectivity index (χ1v) is 11.7. The molecule has 4 N–H and O–H groups in total. The molecule has 0 bridgehead atoms. The molecule has 0 heterocycles. The number of carboxylic acid groups (broad SMARTS) is 1. The van der Waals surface area contributed by atoms with E-state index in [9.17, 15) is 19.2 Å². The molecule has 190 valence electrons. The fraction of sp³-hybridized carbons (Fsp3) is 0.600. The second-order valence-electron chi connectivity index (χ2n) is 9.64. The molecule has 0 aliphatic carbocycles. The highest BCUT2D eigenvalue weighted by atomic mass is 16.6. The van der Waals surface area contributed by atoms with Crippen molar-refractivity contribution in [2.24, 2.45) is 11.3 Å². The Morgan fingerprint density at radius 3 is 2.18 bits per heavy atom. The molecule has 0 saturated carbocycles. The lowest BCUT2D eigenvalue weighted by atomic mass is 9.86. The van der Waals surface area contributed by atoms with Crippen LogP contribution in [0.25, 0.3) is 0 Å². The first kappa shape index (κ1) is 29.1. The van der Waals surface area contributed by atoms with Crippen LogP contribution in [0.5, 0.6) is 0 Å². The van der Waals surface area contributed by atoms with Crippen LogP contribution in [0.15, 0.2) is 30.3 Å². The molecule has 1 aromatic rings. The molecule has 0 aromatic heterocycles. The van der Waals surface area contributed by atoms with E-state index in [1.54, 1.807) is 0 Å². The maximum atomic E-state index is 12.5. The van der Waals surface area contributed by atoms with Crippen molar-refractivity contribution in [2.45, 2.75) is 78.9 Å². The number of amides is 3. The van der Waals surface area contributed by atoms with Crippen molar-refractivity contribution in [1.29, 1.82) is 0 Å². The molecular formula is C25H39N3O6. The van der Waals surface area contributed by atoms with Gasteiger partial charge in [-0.05, 0) is 36.2 Å². The smallest absolute Gasteiger partial charge is 0.303 e. The second-order valence-corrected chi connectivity index (χ2v) is 9.64. The number of carbonyl (C=O) groups is 4. The fourth-order valence-corrected chi connectivity index (χ4v) is 3.19. The van der Waals surface area contributed by atoms with Crippen molar-refractivity contribution in [3.8, 4) is 0 Å². The summed E-state index contributed by atoms with van der Waals surface area (Å²) >= 11 is 0. The molecule has 0 aliphatic rings. The van der Waals surface area contributed by atoms with E-state index in [-0.39, 0.29) is 43.0 Å². The zero-order chi connectivity index (χ0) is 25.6. The minimum atomic E-state index is -0.916. The van der Waals surface area contributed by atoms with E-state index in [0.29, 0.717) is 32.3 Å². The Labute approximate surface area is 202 Å². The van der Waals surface area contributed by atoms with Crippen LogP contribution >= 0.6 is 0 Å². The second kappa shape index (κ2) is 15.1. The van der Waals surface area contributed by atoms with Gasteiger partial charge in [0.05, 0.1) is 6.61 Å². The number of rotatable bonds is 15. The standard InChI is InChI=1S/C25H39N3O6/c1-18(13-15-21(30)28-34-17-19-9-6-5-7-10-19)12-14-20(29)27-23(25(2,3)4)24(33)26-16-8-11-22(31)32/h5-7,9-10,18,23H,8,11-17H2,1-4H3,(H,26,33)(H,27,29)(H,28,30)(H,31,32)/t18-,23-/m1/s1. The summed E-state index contributed by atoms with van der Waals surface area (Å²) in [5, 5.41) is 14.2. The van der Waals surface area contributed by atoms with Crippen LogP contribution < -0.4 is 16.1 Å². The molecule has 34 heavy (non-hydrogen) atoms. The van der Waals surface area contributed by atoms with E-state index >= 15 is 0 Å². The number of benzene rings is 1. The topological polar surface area (TPSA) is 134 Å². The Balaban J connectivity index is 2.32. The van der Waals surface area contributed by atoms with Gasteiger partial charge in [0.2, 0.25) is 17.7 Å². The lowest BCUT2D eigenvalue weighted by molar-refractivity contribution is -0.137. The van der Waals surface area contributed by atoms with Gasteiger partial charge in [0.1, 0.15) is 6.04 Å². The number of hydrogen-bond donors (Lipinski definition) is 4. The number of hydroxylamine groups is 1. The van der Waals surface area contributed by atoms with Crippen LogP contribution in [-0.2, 0) is 30.6 Å².